The van der Waals surface area contributed by atoms with Crippen LogP contribution in [0.15, 0.2) is 71.6 Å². The highest BCUT2D eigenvalue weighted by molar-refractivity contribution is 8.01. The van der Waals surface area contributed by atoms with Crippen LogP contribution in [0.4, 0.5) is 10.8 Å². The number of para-hydroxylation sites is 1. The third-order valence-electron chi connectivity index (χ3n) is 3.23. The number of carbonyl (C=O) groups excluding carboxylic acids is 1. The van der Waals surface area contributed by atoms with Crippen molar-refractivity contribution in [3.63, 3.8) is 0 Å². The van der Waals surface area contributed by atoms with E-state index in [0.717, 1.165) is 10.1 Å². The molecule has 0 fully saturated rings. The summed E-state index contributed by atoms with van der Waals surface area (Å²) in [5, 5.41) is 14.7. The Labute approximate surface area is 165 Å². The van der Waals surface area contributed by atoms with Gasteiger partial charge >= 0.3 is 0 Å². The number of ether oxygens (including phenoxy) is 1. The summed E-state index contributed by atoms with van der Waals surface area (Å²) in [6.45, 7) is 4.26. The standard InChI is InChI=1S/C19H18N4O2S2/c1-2-11-20-18-22-23-19(27-18)26-13-17(24)21-14-7-6-10-16(12-14)25-15-8-4-3-5-9-15/h2-10,12H,1,11,13H2,(H,20,22)(H,21,24). The van der Waals surface area contributed by atoms with Crippen molar-refractivity contribution in [1.29, 1.82) is 0 Å². The number of carbonyl (C=O) groups is 1. The number of hydrogen-bond donors (Lipinski definition) is 2. The van der Waals surface area contributed by atoms with Crippen LogP contribution in [-0.2, 0) is 4.79 Å². The van der Waals surface area contributed by atoms with E-state index in [4.69, 9.17) is 4.74 Å². The smallest absolute Gasteiger partial charge is 0.234 e. The highest BCUT2D eigenvalue weighted by atomic mass is 32.2. The Balaban J connectivity index is 1.51. The van der Waals surface area contributed by atoms with Crippen LogP contribution in [0.25, 0.3) is 0 Å². The molecule has 2 aromatic carbocycles. The third-order valence-corrected chi connectivity index (χ3v) is 5.24. The van der Waals surface area contributed by atoms with Gasteiger partial charge in [0.1, 0.15) is 11.5 Å². The van der Waals surface area contributed by atoms with E-state index in [-0.39, 0.29) is 11.7 Å². The van der Waals surface area contributed by atoms with Crippen LogP contribution in [-0.4, -0.2) is 28.4 Å². The van der Waals surface area contributed by atoms with Gasteiger partial charge in [-0.3, -0.25) is 4.79 Å². The number of hydrogen-bond acceptors (Lipinski definition) is 7. The molecule has 0 unspecified atom stereocenters. The molecular formula is C19H18N4O2S2. The number of aromatic nitrogens is 2. The van der Waals surface area contributed by atoms with Crippen LogP contribution >= 0.6 is 23.1 Å². The molecule has 1 aromatic heterocycles. The van der Waals surface area contributed by atoms with Crippen LogP contribution in [0.2, 0.25) is 0 Å². The van der Waals surface area contributed by atoms with Gasteiger partial charge in [-0.1, -0.05) is 53.4 Å². The summed E-state index contributed by atoms with van der Waals surface area (Å²) < 4.78 is 6.51. The number of amides is 1. The van der Waals surface area contributed by atoms with E-state index in [1.165, 1.54) is 23.1 Å². The lowest BCUT2D eigenvalue weighted by Gasteiger charge is -2.08. The minimum absolute atomic E-state index is 0.118. The van der Waals surface area contributed by atoms with Gasteiger partial charge in [-0.25, -0.2) is 0 Å². The first-order chi connectivity index (χ1) is 13.2. The van der Waals surface area contributed by atoms with Crippen LogP contribution in [0.5, 0.6) is 11.5 Å². The SMILES string of the molecule is C=CCNc1nnc(SCC(=O)Nc2cccc(Oc3ccccc3)c2)s1. The molecule has 1 amide bonds. The van der Waals surface area contributed by atoms with Crippen molar-refractivity contribution in [2.45, 2.75) is 4.34 Å². The highest BCUT2D eigenvalue weighted by Gasteiger charge is 2.09. The van der Waals surface area contributed by atoms with Crippen molar-refractivity contribution in [1.82, 2.24) is 10.2 Å². The van der Waals surface area contributed by atoms with Crippen LogP contribution in [0, 0.1) is 0 Å². The van der Waals surface area contributed by atoms with E-state index in [0.29, 0.717) is 23.1 Å². The first-order valence-electron chi connectivity index (χ1n) is 8.17. The number of nitrogens with zero attached hydrogens (tertiary/aromatic N) is 2. The average Bonchev–Trinajstić information content (AvgIpc) is 3.14. The van der Waals surface area contributed by atoms with Gasteiger partial charge in [0.2, 0.25) is 11.0 Å². The number of nitrogens with one attached hydrogen (secondary N) is 2. The average molecular weight is 399 g/mol. The van der Waals surface area contributed by atoms with Crippen LogP contribution in [0.1, 0.15) is 0 Å². The van der Waals surface area contributed by atoms with E-state index < -0.39 is 0 Å². The molecule has 3 rings (SSSR count). The molecule has 0 spiro atoms. The molecule has 1 heterocycles. The van der Waals surface area contributed by atoms with Gasteiger partial charge < -0.3 is 15.4 Å². The number of thioether (sulfide) groups is 1. The lowest BCUT2D eigenvalue weighted by Crippen LogP contribution is -2.13. The molecule has 3 aromatic rings. The maximum atomic E-state index is 12.2. The Morgan fingerprint density at radius 2 is 1.96 bits per heavy atom. The molecule has 6 nitrogen and oxygen atoms in total. The van der Waals surface area contributed by atoms with Crippen LogP contribution < -0.4 is 15.4 Å². The Morgan fingerprint density at radius 3 is 2.78 bits per heavy atom. The predicted molar refractivity (Wildman–Crippen MR) is 111 cm³/mol. The number of rotatable bonds is 9. The molecular weight excluding hydrogens is 380 g/mol. The van der Waals surface area contributed by atoms with Gasteiger partial charge in [-0.05, 0) is 24.3 Å². The largest absolute Gasteiger partial charge is 0.457 e. The van der Waals surface area contributed by atoms with Gasteiger partial charge in [0.15, 0.2) is 4.34 Å². The molecule has 138 valence electrons. The van der Waals surface area contributed by atoms with Gasteiger partial charge in [0.05, 0.1) is 5.75 Å². The van der Waals surface area contributed by atoms with Gasteiger partial charge in [-0.2, -0.15) is 0 Å². The lowest BCUT2D eigenvalue weighted by atomic mass is 10.3. The van der Waals surface area contributed by atoms with Crippen molar-refractivity contribution in [2.75, 3.05) is 22.9 Å². The van der Waals surface area contributed by atoms with Crippen molar-refractivity contribution in [3.8, 4) is 11.5 Å². The molecule has 8 heteroatoms. The number of benzene rings is 2. The first kappa shape index (κ1) is 18.9. The Hall–Kier alpha value is -2.84. The van der Waals surface area contributed by atoms with Crippen molar-refractivity contribution in [2.24, 2.45) is 0 Å². The molecule has 0 saturated heterocycles. The second kappa shape index (κ2) is 9.75. The topological polar surface area (TPSA) is 76.1 Å². The summed E-state index contributed by atoms with van der Waals surface area (Å²) in [7, 11) is 0. The fourth-order valence-electron chi connectivity index (χ4n) is 2.09. The summed E-state index contributed by atoms with van der Waals surface area (Å²) in [6, 6.07) is 16.8. The fourth-order valence-corrected chi connectivity index (χ4v) is 3.64. The zero-order chi connectivity index (χ0) is 18.9. The number of anilines is 2. The van der Waals surface area contributed by atoms with E-state index in [1.807, 2.05) is 48.5 Å². The van der Waals surface area contributed by atoms with E-state index in [2.05, 4.69) is 27.4 Å². The summed E-state index contributed by atoms with van der Waals surface area (Å²) in [6.07, 6.45) is 1.75. The summed E-state index contributed by atoms with van der Waals surface area (Å²) in [5.74, 6) is 1.54. The zero-order valence-electron chi connectivity index (χ0n) is 14.4. The Kier molecular flexibility index (Phi) is 6.84. The quantitative estimate of drug-likeness (QED) is 0.403. The molecule has 0 bridgehead atoms. The van der Waals surface area contributed by atoms with Crippen molar-refractivity contribution in [3.05, 3.63) is 67.3 Å². The fraction of sp³-hybridized carbons (Fsp3) is 0.105. The Bertz CT molecular complexity index is 899. The summed E-state index contributed by atoms with van der Waals surface area (Å²) >= 11 is 2.75. The third kappa shape index (κ3) is 6.12. The predicted octanol–water partition coefficient (Wildman–Crippen LogP) is 4.66. The lowest BCUT2D eigenvalue weighted by molar-refractivity contribution is -0.113. The van der Waals surface area contributed by atoms with Gasteiger partial charge in [-0.15, -0.1) is 16.8 Å². The molecule has 0 aliphatic heterocycles. The van der Waals surface area contributed by atoms with Crippen molar-refractivity contribution < 1.29 is 9.53 Å². The molecule has 27 heavy (non-hydrogen) atoms. The maximum Gasteiger partial charge on any atom is 0.234 e. The molecule has 0 aliphatic carbocycles. The normalized spacial score (nSPS) is 10.2. The minimum atomic E-state index is -0.118. The summed E-state index contributed by atoms with van der Waals surface area (Å²) in [4.78, 5) is 12.2. The molecule has 0 atom stereocenters. The molecule has 0 aliphatic rings. The first-order valence-corrected chi connectivity index (χ1v) is 9.97. The van der Waals surface area contributed by atoms with E-state index >= 15 is 0 Å². The second-order valence-electron chi connectivity index (χ2n) is 5.32. The van der Waals surface area contributed by atoms with Gasteiger partial charge in [0.25, 0.3) is 0 Å². The summed E-state index contributed by atoms with van der Waals surface area (Å²) in [5.41, 5.74) is 0.680. The van der Waals surface area contributed by atoms with Crippen molar-refractivity contribution >= 4 is 39.8 Å². The van der Waals surface area contributed by atoms with E-state index in [1.54, 1.807) is 12.1 Å². The zero-order valence-corrected chi connectivity index (χ0v) is 16.1. The van der Waals surface area contributed by atoms with E-state index in [9.17, 15) is 4.79 Å². The van der Waals surface area contributed by atoms with Gasteiger partial charge in [0, 0.05) is 18.3 Å². The molecule has 0 saturated carbocycles. The molecule has 2 N–H and O–H groups in total. The Morgan fingerprint density at radius 1 is 1.15 bits per heavy atom. The monoisotopic (exact) mass is 398 g/mol. The highest BCUT2D eigenvalue weighted by Crippen LogP contribution is 2.26. The van der Waals surface area contributed by atoms with Crippen LogP contribution in [0.3, 0.4) is 0 Å². The second-order valence-corrected chi connectivity index (χ2v) is 7.52. The molecule has 0 radical (unpaired) electrons. The maximum absolute atomic E-state index is 12.2. The minimum Gasteiger partial charge on any atom is -0.457 e.